The second kappa shape index (κ2) is 6.92. The summed E-state index contributed by atoms with van der Waals surface area (Å²) in [6, 6.07) is 8.22. The zero-order chi connectivity index (χ0) is 15.4. The Balaban J connectivity index is 1.83. The summed E-state index contributed by atoms with van der Waals surface area (Å²) in [6.07, 6.45) is 4.13. The molecule has 0 radical (unpaired) electrons. The number of rotatable bonds is 4. The number of benzene rings is 1. The van der Waals surface area contributed by atoms with Crippen LogP contribution in [0, 0.1) is 0 Å². The van der Waals surface area contributed by atoms with Gasteiger partial charge in [0.05, 0.1) is 5.52 Å². The molecule has 5 nitrogen and oxygen atoms in total. The van der Waals surface area contributed by atoms with E-state index in [0.717, 1.165) is 56.2 Å². The highest BCUT2D eigenvalue weighted by Crippen LogP contribution is 2.19. The predicted octanol–water partition coefficient (Wildman–Crippen LogP) is 2.32. The van der Waals surface area contributed by atoms with Gasteiger partial charge in [0, 0.05) is 18.0 Å². The van der Waals surface area contributed by atoms with Crippen LogP contribution in [0.2, 0.25) is 0 Å². The molecule has 0 aliphatic carbocycles. The van der Waals surface area contributed by atoms with Crippen molar-refractivity contribution in [3.63, 3.8) is 0 Å². The number of amides is 1. The van der Waals surface area contributed by atoms with Crippen LogP contribution in [0.25, 0.3) is 10.9 Å². The number of para-hydroxylation sites is 1. The fourth-order valence-electron chi connectivity index (χ4n) is 3.09. The number of fused-ring (bicyclic) bond motifs is 1. The van der Waals surface area contributed by atoms with E-state index in [4.69, 9.17) is 0 Å². The lowest BCUT2D eigenvalue weighted by atomic mass is 10.1. The maximum atomic E-state index is 12.6. The maximum absolute atomic E-state index is 12.6. The van der Waals surface area contributed by atoms with Gasteiger partial charge >= 0.3 is 0 Å². The molecule has 22 heavy (non-hydrogen) atoms. The largest absolute Gasteiger partial charge is 0.348 e. The van der Waals surface area contributed by atoms with Crippen molar-refractivity contribution < 1.29 is 4.79 Å². The molecule has 5 heteroatoms. The Morgan fingerprint density at radius 3 is 3.09 bits per heavy atom. The van der Waals surface area contributed by atoms with Crippen LogP contribution < -0.4 is 10.6 Å². The highest BCUT2D eigenvalue weighted by Gasteiger charge is 2.20. The molecule has 1 aliphatic rings. The van der Waals surface area contributed by atoms with Crippen molar-refractivity contribution in [2.45, 2.75) is 45.2 Å². The molecule has 2 aromatic rings. The van der Waals surface area contributed by atoms with Crippen LogP contribution in [0.15, 0.2) is 24.3 Å². The van der Waals surface area contributed by atoms with Gasteiger partial charge in [-0.3, -0.25) is 9.48 Å². The molecule has 1 aromatic heterocycles. The summed E-state index contributed by atoms with van der Waals surface area (Å²) in [4.78, 5) is 12.6. The third-order valence-electron chi connectivity index (χ3n) is 4.22. The Morgan fingerprint density at radius 2 is 2.23 bits per heavy atom. The first-order chi connectivity index (χ1) is 10.8. The summed E-state index contributed by atoms with van der Waals surface area (Å²) in [5, 5.41) is 12.0. The van der Waals surface area contributed by atoms with Gasteiger partial charge in [0.15, 0.2) is 5.69 Å². The molecule has 1 fully saturated rings. The van der Waals surface area contributed by atoms with Crippen molar-refractivity contribution >= 4 is 16.8 Å². The van der Waals surface area contributed by atoms with Gasteiger partial charge in [0.2, 0.25) is 0 Å². The summed E-state index contributed by atoms with van der Waals surface area (Å²) in [7, 11) is 0. The molecule has 1 amide bonds. The van der Waals surface area contributed by atoms with Crippen LogP contribution in [-0.2, 0) is 6.54 Å². The Kier molecular flexibility index (Phi) is 4.73. The first-order valence-corrected chi connectivity index (χ1v) is 8.26. The quantitative estimate of drug-likeness (QED) is 0.911. The van der Waals surface area contributed by atoms with Gasteiger partial charge in [-0.2, -0.15) is 5.10 Å². The average molecular weight is 300 g/mol. The standard InChI is InChI=1S/C17H24N4O/c1-2-12-21-15-8-4-3-7-14(15)16(20-21)17(22)19-13-6-5-10-18-11-9-13/h3-4,7-8,13,18H,2,5-6,9-12H2,1H3,(H,19,22). The van der Waals surface area contributed by atoms with Gasteiger partial charge in [-0.1, -0.05) is 25.1 Å². The van der Waals surface area contributed by atoms with E-state index in [2.05, 4.69) is 22.7 Å². The number of hydrogen-bond acceptors (Lipinski definition) is 3. The molecular weight excluding hydrogens is 276 g/mol. The van der Waals surface area contributed by atoms with Crippen molar-refractivity contribution in [1.82, 2.24) is 20.4 Å². The first kappa shape index (κ1) is 15.0. The summed E-state index contributed by atoms with van der Waals surface area (Å²) in [5.41, 5.74) is 1.60. The summed E-state index contributed by atoms with van der Waals surface area (Å²) in [5.74, 6) is -0.0436. The van der Waals surface area contributed by atoms with Crippen molar-refractivity contribution in [1.29, 1.82) is 0 Å². The average Bonchev–Trinajstić information content (AvgIpc) is 2.70. The molecule has 118 valence electrons. The second-order valence-electron chi connectivity index (χ2n) is 5.94. The van der Waals surface area contributed by atoms with Crippen LogP contribution in [0.3, 0.4) is 0 Å². The highest BCUT2D eigenvalue weighted by atomic mass is 16.2. The van der Waals surface area contributed by atoms with Crippen molar-refractivity contribution in [2.24, 2.45) is 0 Å². The number of hydrogen-bond donors (Lipinski definition) is 2. The second-order valence-corrected chi connectivity index (χ2v) is 5.94. The van der Waals surface area contributed by atoms with E-state index in [0.29, 0.717) is 5.69 Å². The SMILES string of the molecule is CCCn1nc(C(=O)NC2CCCNCC2)c2ccccc21. The van der Waals surface area contributed by atoms with E-state index in [-0.39, 0.29) is 11.9 Å². The number of nitrogens with one attached hydrogen (secondary N) is 2. The number of nitrogens with zero attached hydrogens (tertiary/aromatic N) is 2. The minimum absolute atomic E-state index is 0.0436. The topological polar surface area (TPSA) is 59.0 Å². The van der Waals surface area contributed by atoms with Crippen LogP contribution in [-0.4, -0.2) is 34.8 Å². The smallest absolute Gasteiger partial charge is 0.272 e. The molecule has 1 saturated heterocycles. The molecule has 3 rings (SSSR count). The van der Waals surface area contributed by atoms with Crippen molar-refractivity contribution in [2.75, 3.05) is 13.1 Å². The number of carbonyl (C=O) groups excluding carboxylic acids is 1. The minimum atomic E-state index is -0.0436. The van der Waals surface area contributed by atoms with Crippen LogP contribution in [0.1, 0.15) is 43.1 Å². The van der Waals surface area contributed by atoms with Crippen molar-refractivity contribution in [3.8, 4) is 0 Å². The van der Waals surface area contributed by atoms with E-state index in [1.54, 1.807) is 0 Å². The molecule has 0 bridgehead atoms. The fourth-order valence-corrected chi connectivity index (χ4v) is 3.09. The Labute approximate surface area is 131 Å². The zero-order valence-corrected chi connectivity index (χ0v) is 13.1. The Hall–Kier alpha value is -1.88. The summed E-state index contributed by atoms with van der Waals surface area (Å²) in [6.45, 7) is 4.96. The Bertz CT molecular complexity index is 641. The lowest BCUT2D eigenvalue weighted by Gasteiger charge is -2.15. The van der Waals surface area contributed by atoms with Crippen LogP contribution >= 0.6 is 0 Å². The number of aryl methyl sites for hydroxylation is 1. The number of carbonyl (C=O) groups is 1. The van der Waals surface area contributed by atoms with Crippen LogP contribution in [0.4, 0.5) is 0 Å². The summed E-state index contributed by atoms with van der Waals surface area (Å²) < 4.78 is 1.94. The lowest BCUT2D eigenvalue weighted by Crippen LogP contribution is -2.35. The van der Waals surface area contributed by atoms with Crippen molar-refractivity contribution in [3.05, 3.63) is 30.0 Å². The molecule has 0 spiro atoms. The first-order valence-electron chi connectivity index (χ1n) is 8.26. The minimum Gasteiger partial charge on any atom is -0.348 e. The maximum Gasteiger partial charge on any atom is 0.272 e. The monoisotopic (exact) mass is 300 g/mol. The molecule has 2 heterocycles. The van der Waals surface area contributed by atoms with Gasteiger partial charge in [-0.15, -0.1) is 0 Å². The van der Waals surface area contributed by atoms with E-state index < -0.39 is 0 Å². The van der Waals surface area contributed by atoms with Crippen LogP contribution in [0.5, 0.6) is 0 Å². The predicted molar refractivity (Wildman–Crippen MR) is 88.0 cm³/mol. The van der Waals surface area contributed by atoms with E-state index >= 15 is 0 Å². The zero-order valence-electron chi connectivity index (χ0n) is 13.1. The number of aromatic nitrogens is 2. The molecule has 2 N–H and O–H groups in total. The lowest BCUT2D eigenvalue weighted by molar-refractivity contribution is 0.0929. The molecule has 0 saturated carbocycles. The molecule has 1 aromatic carbocycles. The van der Waals surface area contributed by atoms with Gasteiger partial charge < -0.3 is 10.6 Å². The van der Waals surface area contributed by atoms with Gasteiger partial charge in [0.1, 0.15) is 0 Å². The van der Waals surface area contributed by atoms with E-state index in [1.807, 2.05) is 28.9 Å². The van der Waals surface area contributed by atoms with Gasteiger partial charge in [0.25, 0.3) is 5.91 Å². The normalized spacial score (nSPS) is 19.0. The van der Waals surface area contributed by atoms with Gasteiger partial charge in [-0.05, 0) is 44.8 Å². The molecule has 1 aliphatic heterocycles. The third-order valence-corrected chi connectivity index (χ3v) is 4.22. The molecule has 1 unspecified atom stereocenters. The highest BCUT2D eigenvalue weighted by molar-refractivity contribution is 6.04. The fraction of sp³-hybridized carbons (Fsp3) is 0.529. The van der Waals surface area contributed by atoms with E-state index in [1.165, 1.54) is 0 Å². The Morgan fingerprint density at radius 1 is 1.36 bits per heavy atom. The molecule has 1 atom stereocenters. The van der Waals surface area contributed by atoms with Gasteiger partial charge in [-0.25, -0.2) is 0 Å². The third kappa shape index (κ3) is 3.14. The summed E-state index contributed by atoms with van der Waals surface area (Å²) >= 11 is 0. The van der Waals surface area contributed by atoms with E-state index in [9.17, 15) is 4.79 Å². The molecular formula is C17H24N4O.